The van der Waals surface area contributed by atoms with Crippen LogP contribution in [0.1, 0.15) is 49.4 Å². The molecule has 0 atom stereocenters. The van der Waals surface area contributed by atoms with Crippen molar-refractivity contribution in [2.45, 2.75) is 39.0 Å². The summed E-state index contributed by atoms with van der Waals surface area (Å²) in [5.41, 5.74) is 0.282. The molecule has 1 rings (SSSR count). The van der Waals surface area contributed by atoms with Crippen LogP contribution in [0.5, 0.6) is 5.75 Å². The third kappa shape index (κ3) is 7.14. The molecule has 0 amide bonds. The van der Waals surface area contributed by atoms with Gasteiger partial charge in [-0.15, -0.1) is 0 Å². The van der Waals surface area contributed by atoms with Gasteiger partial charge in [-0.3, -0.25) is 0 Å². The van der Waals surface area contributed by atoms with E-state index in [1.54, 1.807) is 24.3 Å². The third-order valence-corrected chi connectivity index (χ3v) is 2.90. The van der Waals surface area contributed by atoms with Crippen LogP contribution in [0.25, 0.3) is 0 Å². The van der Waals surface area contributed by atoms with Gasteiger partial charge in [0.15, 0.2) is 0 Å². The molecular formula is C16H24O4. The minimum Gasteiger partial charge on any atom is -0.494 e. The summed E-state index contributed by atoms with van der Waals surface area (Å²) in [7, 11) is 0. The van der Waals surface area contributed by atoms with Crippen LogP contribution in [-0.4, -0.2) is 30.9 Å². The lowest BCUT2D eigenvalue weighted by atomic mass is 10.2. The average Bonchev–Trinajstić information content (AvgIpc) is 2.46. The lowest BCUT2D eigenvalue weighted by molar-refractivity contribution is 0.0697. The molecule has 0 saturated carbocycles. The summed E-state index contributed by atoms with van der Waals surface area (Å²) in [6, 6.07) is 6.51. The van der Waals surface area contributed by atoms with Crippen molar-refractivity contribution in [2.75, 3.05) is 19.8 Å². The minimum absolute atomic E-state index is 0.282. The van der Waals surface area contributed by atoms with E-state index in [1.165, 1.54) is 0 Å². The van der Waals surface area contributed by atoms with E-state index in [4.69, 9.17) is 14.6 Å². The first-order valence-electron chi connectivity index (χ1n) is 7.28. The third-order valence-electron chi connectivity index (χ3n) is 2.90. The highest BCUT2D eigenvalue weighted by Crippen LogP contribution is 2.13. The maximum atomic E-state index is 10.7. The van der Waals surface area contributed by atoms with Crippen molar-refractivity contribution in [3.63, 3.8) is 0 Å². The smallest absolute Gasteiger partial charge is 0.335 e. The maximum absolute atomic E-state index is 10.7. The van der Waals surface area contributed by atoms with Crippen LogP contribution in [0.4, 0.5) is 0 Å². The van der Waals surface area contributed by atoms with E-state index < -0.39 is 5.97 Å². The lowest BCUT2D eigenvalue weighted by Gasteiger charge is -2.06. The zero-order chi connectivity index (χ0) is 14.6. The normalized spacial score (nSPS) is 10.4. The molecule has 0 radical (unpaired) electrons. The van der Waals surface area contributed by atoms with Gasteiger partial charge in [-0.1, -0.05) is 13.3 Å². The zero-order valence-corrected chi connectivity index (χ0v) is 12.1. The fourth-order valence-corrected chi connectivity index (χ4v) is 1.79. The van der Waals surface area contributed by atoms with E-state index in [9.17, 15) is 4.79 Å². The number of aromatic carboxylic acids is 1. The molecule has 0 spiro atoms. The molecule has 1 aromatic carbocycles. The fourth-order valence-electron chi connectivity index (χ4n) is 1.79. The fraction of sp³-hybridized carbons (Fsp3) is 0.562. The van der Waals surface area contributed by atoms with Crippen molar-refractivity contribution in [3.8, 4) is 5.75 Å². The van der Waals surface area contributed by atoms with Gasteiger partial charge in [-0.25, -0.2) is 4.79 Å². The van der Waals surface area contributed by atoms with Gasteiger partial charge in [-0.2, -0.15) is 0 Å². The topological polar surface area (TPSA) is 55.8 Å². The van der Waals surface area contributed by atoms with Crippen LogP contribution in [0, 0.1) is 0 Å². The molecule has 0 saturated heterocycles. The summed E-state index contributed by atoms with van der Waals surface area (Å²) in [5.74, 6) is -0.192. The first-order valence-corrected chi connectivity index (χ1v) is 7.28. The molecule has 0 unspecified atom stereocenters. The monoisotopic (exact) mass is 280 g/mol. The Kier molecular flexibility index (Phi) is 8.47. The Morgan fingerprint density at radius 3 is 2.25 bits per heavy atom. The van der Waals surface area contributed by atoms with Crippen molar-refractivity contribution in [1.82, 2.24) is 0 Å². The molecule has 0 fully saturated rings. The largest absolute Gasteiger partial charge is 0.494 e. The van der Waals surface area contributed by atoms with Crippen LogP contribution in [-0.2, 0) is 4.74 Å². The van der Waals surface area contributed by atoms with Gasteiger partial charge < -0.3 is 14.6 Å². The van der Waals surface area contributed by atoms with Gasteiger partial charge in [0, 0.05) is 13.2 Å². The number of hydrogen-bond acceptors (Lipinski definition) is 3. The average molecular weight is 280 g/mol. The van der Waals surface area contributed by atoms with Crippen LogP contribution in [0.3, 0.4) is 0 Å². The van der Waals surface area contributed by atoms with Gasteiger partial charge in [0.25, 0.3) is 0 Å². The molecule has 0 aliphatic heterocycles. The summed E-state index contributed by atoms with van der Waals surface area (Å²) in [5, 5.41) is 8.78. The molecule has 0 aliphatic carbocycles. The Labute approximate surface area is 120 Å². The van der Waals surface area contributed by atoms with Gasteiger partial charge in [0.2, 0.25) is 0 Å². The molecule has 0 heterocycles. The predicted molar refractivity (Wildman–Crippen MR) is 78.5 cm³/mol. The summed E-state index contributed by atoms with van der Waals surface area (Å²) in [6.07, 6.45) is 5.48. The van der Waals surface area contributed by atoms with Crippen LogP contribution in [0.15, 0.2) is 24.3 Å². The SMILES string of the molecule is CCCOCCCCCCOc1ccc(C(=O)O)cc1. The standard InChI is InChI=1S/C16H24O4/c1-2-11-19-12-5-3-4-6-13-20-15-9-7-14(8-10-15)16(17)18/h7-10H,2-6,11-13H2,1H3,(H,17,18). The van der Waals surface area contributed by atoms with Crippen LogP contribution in [0.2, 0.25) is 0 Å². The molecule has 4 heteroatoms. The number of rotatable bonds is 11. The van der Waals surface area contributed by atoms with Crippen molar-refractivity contribution < 1.29 is 19.4 Å². The van der Waals surface area contributed by atoms with Gasteiger partial charge >= 0.3 is 5.97 Å². The molecule has 20 heavy (non-hydrogen) atoms. The number of carboxylic acid groups (broad SMARTS) is 1. The van der Waals surface area contributed by atoms with Gasteiger partial charge in [0.1, 0.15) is 5.75 Å². The summed E-state index contributed by atoms with van der Waals surface area (Å²) in [4.78, 5) is 10.7. The maximum Gasteiger partial charge on any atom is 0.335 e. The minimum atomic E-state index is -0.915. The van der Waals surface area contributed by atoms with E-state index >= 15 is 0 Å². The summed E-state index contributed by atoms with van der Waals surface area (Å²) >= 11 is 0. The lowest BCUT2D eigenvalue weighted by Crippen LogP contribution is -2.00. The predicted octanol–water partition coefficient (Wildman–Crippen LogP) is 3.75. The molecule has 1 aromatic rings. The van der Waals surface area contributed by atoms with Crippen molar-refractivity contribution in [1.29, 1.82) is 0 Å². The Hall–Kier alpha value is -1.55. The number of ether oxygens (including phenoxy) is 2. The Morgan fingerprint density at radius 2 is 1.65 bits per heavy atom. The number of benzene rings is 1. The zero-order valence-electron chi connectivity index (χ0n) is 12.1. The van der Waals surface area contributed by atoms with Crippen LogP contribution < -0.4 is 4.74 Å². The van der Waals surface area contributed by atoms with Crippen molar-refractivity contribution in [3.05, 3.63) is 29.8 Å². The summed E-state index contributed by atoms with van der Waals surface area (Å²) in [6.45, 7) is 4.49. The quantitative estimate of drug-likeness (QED) is 0.627. The molecule has 112 valence electrons. The number of hydrogen-bond donors (Lipinski definition) is 1. The van der Waals surface area contributed by atoms with Crippen LogP contribution >= 0.6 is 0 Å². The van der Waals surface area contributed by atoms with Gasteiger partial charge in [0.05, 0.1) is 12.2 Å². The second-order valence-corrected chi connectivity index (χ2v) is 4.70. The first kappa shape index (κ1) is 16.5. The highest BCUT2D eigenvalue weighted by molar-refractivity contribution is 5.87. The van der Waals surface area contributed by atoms with E-state index in [0.717, 1.165) is 51.1 Å². The Morgan fingerprint density at radius 1 is 1.00 bits per heavy atom. The van der Waals surface area contributed by atoms with Gasteiger partial charge in [-0.05, 0) is 49.9 Å². The molecule has 0 aromatic heterocycles. The second kappa shape index (κ2) is 10.3. The highest BCUT2D eigenvalue weighted by atomic mass is 16.5. The number of unbranched alkanes of at least 4 members (excludes halogenated alkanes) is 3. The Balaban J connectivity index is 2.02. The summed E-state index contributed by atoms with van der Waals surface area (Å²) < 4.78 is 11.0. The van der Waals surface area contributed by atoms with E-state index in [1.807, 2.05) is 0 Å². The molecule has 0 aliphatic rings. The van der Waals surface area contributed by atoms with E-state index in [0.29, 0.717) is 6.61 Å². The highest BCUT2D eigenvalue weighted by Gasteiger charge is 2.01. The number of carboxylic acids is 1. The molecular weight excluding hydrogens is 256 g/mol. The number of carbonyl (C=O) groups is 1. The van der Waals surface area contributed by atoms with E-state index in [-0.39, 0.29) is 5.56 Å². The van der Waals surface area contributed by atoms with Crippen molar-refractivity contribution in [2.24, 2.45) is 0 Å². The molecule has 0 bridgehead atoms. The molecule has 1 N–H and O–H groups in total. The Bertz CT molecular complexity index is 373. The first-order chi connectivity index (χ1) is 9.74. The second-order valence-electron chi connectivity index (χ2n) is 4.70. The van der Waals surface area contributed by atoms with E-state index in [2.05, 4.69) is 6.92 Å². The van der Waals surface area contributed by atoms with Crippen molar-refractivity contribution >= 4 is 5.97 Å². The molecule has 4 nitrogen and oxygen atoms in total.